The average Bonchev–Trinajstić information content (AvgIpc) is 3.70. The van der Waals surface area contributed by atoms with Crippen LogP contribution in [0, 0.1) is 5.92 Å². The lowest BCUT2D eigenvalue weighted by Crippen LogP contribution is -2.45. The number of allylic oxidation sites excluding steroid dienone is 4. The SMILES string of the molecule is C=C/C(Cl)=C(C[C@H](OC(=O)CN1CCNCC1)c1ccc(OC(F)F)c(OCC2CC2)c1)\C(Cl)=C/C. The summed E-state index contributed by atoms with van der Waals surface area (Å²) >= 11 is 12.8. The summed E-state index contributed by atoms with van der Waals surface area (Å²) in [6, 6.07) is 4.55. The summed E-state index contributed by atoms with van der Waals surface area (Å²) in [5.74, 6) is 0.0723. The molecule has 1 aromatic rings. The van der Waals surface area contributed by atoms with Crippen molar-refractivity contribution in [2.45, 2.75) is 38.9 Å². The molecule has 0 unspecified atom stereocenters. The van der Waals surface area contributed by atoms with Gasteiger partial charge < -0.3 is 19.5 Å². The van der Waals surface area contributed by atoms with Crippen molar-refractivity contribution in [3.63, 3.8) is 0 Å². The van der Waals surface area contributed by atoms with Crippen LogP contribution in [-0.2, 0) is 9.53 Å². The third-order valence-electron chi connectivity index (χ3n) is 5.96. The highest BCUT2D eigenvalue weighted by Crippen LogP contribution is 2.39. The molecular formula is C26H32Cl2F2N2O4. The van der Waals surface area contributed by atoms with Gasteiger partial charge in [-0.2, -0.15) is 8.78 Å². The zero-order chi connectivity index (χ0) is 26.1. The first-order valence-corrected chi connectivity index (χ1v) is 12.7. The lowest BCUT2D eigenvalue weighted by molar-refractivity contribution is -0.150. The van der Waals surface area contributed by atoms with E-state index in [0.29, 0.717) is 33.7 Å². The van der Waals surface area contributed by atoms with Crippen LogP contribution in [0.5, 0.6) is 11.5 Å². The number of carbonyl (C=O) groups excluding carboxylic acids is 1. The van der Waals surface area contributed by atoms with E-state index in [9.17, 15) is 13.6 Å². The van der Waals surface area contributed by atoms with Crippen LogP contribution in [0.1, 0.15) is 37.9 Å². The lowest BCUT2D eigenvalue weighted by Gasteiger charge is -2.27. The number of esters is 1. The van der Waals surface area contributed by atoms with Gasteiger partial charge >= 0.3 is 12.6 Å². The molecule has 0 bridgehead atoms. The molecule has 2 aliphatic rings. The van der Waals surface area contributed by atoms with Crippen molar-refractivity contribution in [2.24, 2.45) is 5.92 Å². The van der Waals surface area contributed by atoms with Crippen LogP contribution in [0.4, 0.5) is 8.78 Å². The molecule has 1 heterocycles. The smallest absolute Gasteiger partial charge is 0.387 e. The van der Waals surface area contributed by atoms with Gasteiger partial charge in [0.05, 0.1) is 13.2 Å². The summed E-state index contributed by atoms with van der Waals surface area (Å²) in [5.41, 5.74) is 1.09. The maximum absolute atomic E-state index is 13.0. The predicted octanol–water partition coefficient (Wildman–Crippen LogP) is 5.78. The molecule has 1 saturated heterocycles. The Balaban J connectivity index is 1.90. The molecule has 0 spiro atoms. The minimum atomic E-state index is -3.00. The van der Waals surface area contributed by atoms with Crippen molar-refractivity contribution < 1.29 is 27.8 Å². The Morgan fingerprint density at radius 3 is 2.58 bits per heavy atom. The summed E-state index contributed by atoms with van der Waals surface area (Å²) in [5, 5.41) is 3.96. The first-order valence-electron chi connectivity index (χ1n) is 12.0. The fourth-order valence-corrected chi connectivity index (χ4v) is 4.20. The van der Waals surface area contributed by atoms with E-state index in [1.54, 1.807) is 25.1 Å². The quantitative estimate of drug-likeness (QED) is 0.251. The molecule has 10 heteroatoms. The number of nitrogens with zero attached hydrogens (tertiary/aromatic N) is 1. The third-order valence-corrected chi connectivity index (χ3v) is 6.79. The third kappa shape index (κ3) is 8.76. The molecule has 1 aliphatic carbocycles. The van der Waals surface area contributed by atoms with Crippen molar-refractivity contribution >= 4 is 29.2 Å². The molecule has 2 fully saturated rings. The number of piperazine rings is 1. The summed E-state index contributed by atoms with van der Waals surface area (Å²) in [6.45, 7) is 6.06. The van der Waals surface area contributed by atoms with Crippen molar-refractivity contribution in [3.8, 4) is 11.5 Å². The summed E-state index contributed by atoms with van der Waals surface area (Å²) in [7, 11) is 0. The first kappa shape index (κ1) is 28.4. The normalized spacial score (nSPS) is 18.4. The maximum atomic E-state index is 13.0. The van der Waals surface area contributed by atoms with Gasteiger partial charge in [-0.1, -0.05) is 48.0 Å². The Morgan fingerprint density at radius 1 is 1.25 bits per heavy atom. The summed E-state index contributed by atoms with van der Waals surface area (Å²) in [6.07, 6.45) is 4.57. The molecule has 0 radical (unpaired) electrons. The maximum Gasteiger partial charge on any atom is 0.387 e. The molecule has 36 heavy (non-hydrogen) atoms. The molecule has 0 aromatic heterocycles. The Hall–Kier alpha value is -2.13. The van der Waals surface area contributed by atoms with Gasteiger partial charge in [0.1, 0.15) is 6.10 Å². The van der Waals surface area contributed by atoms with Gasteiger partial charge in [-0.15, -0.1) is 0 Å². The minimum absolute atomic E-state index is 0.0772. The second-order valence-corrected chi connectivity index (χ2v) is 9.53. The highest BCUT2D eigenvalue weighted by atomic mass is 35.5. The van der Waals surface area contributed by atoms with E-state index < -0.39 is 18.7 Å². The van der Waals surface area contributed by atoms with Gasteiger partial charge in [-0.3, -0.25) is 9.69 Å². The fourth-order valence-electron chi connectivity index (χ4n) is 3.79. The Bertz CT molecular complexity index is 977. The van der Waals surface area contributed by atoms with Crippen LogP contribution in [0.2, 0.25) is 0 Å². The Kier molecular flexibility index (Phi) is 11.0. The van der Waals surface area contributed by atoms with Gasteiger partial charge in [0.2, 0.25) is 0 Å². The molecule has 1 atom stereocenters. The van der Waals surface area contributed by atoms with Gasteiger partial charge in [-0.05, 0) is 49.0 Å². The zero-order valence-electron chi connectivity index (χ0n) is 20.3. The van der Waals surface area contributed by atoms with Crippen molar-refractivity contribution in [3.05, 3.63) is 58.1 Å². The highest BCUT2D eigenvalue weighted by Gasteiger charge is 2.26. The molecule has 1 aromatic carbocycles. The topological polar surface area (TPSA) is 60.0 Å². The van der Waals surface area contributed by atoms with Gasteiger partial charge in [0.25, 0.3) is 0 Å². The van der Waals surface area contributed by atoms with Crippen LogP contribution in [-0.4, -0.2) is 56.8 Å². The largest absolute Gasteiger partial charge is 0.489 e. The van der Waals surface area contributed by atoms with E-state index in [1.165, 1.54) is 12.1 Å². The van der Waals surface area contributed by atoms with E-state index in [2.05, 4.69) is 16.6 Å². The van der Waals surface area contributed by atoms with E-state index in [1.807, 2.05) is 4.90 Å². The number of alkyl halides is 2. The monoisotopic (exact) mass is 544 g/mol. The predicted molar refractivity (Wildman–Crippen MR) is 137 cm³/mol. The highest BCUT2D eigenvalue weighted by molar-refractivity contribution is 6.36. The fraction of sp³-hybridized carbons (Fsp3) is 0.500. The number of nitrogens with one attached hydrogen (secondary N) is 1. The number of ether oxygens (including phenoxy) is 3. The second-order valence-electron chi connectivity index (χ2n) is 8.72. The number of benzene rings is 1. The Labute approximate surface area is 220 Å². The molecule has 0 amide bonds. The standard InChI is InChI=1S/C26H32Cl2F2N2O4/c1-3-20(27)19(21(28)4-2)14-23(35-25(33)15-32-11-9-31-10-12-32)18-7-8-22(36-26(29)30)24(13-18)34-16-17-5-6-17/h3-4,7-8,13,17,23,26,31H,1,5-6,9-12,14-16H2,2H3/b20-19+,21-4+/t23-/m0/s1. The number of halogens is 4. The number of carbonyl (C=O) groups is 1. The summed E-state index contributed by atoms with van der Waals surface area (Å²) in [4.78, 5) is 14.9. The zero-order valence-corrected chi connectivity index (χ0v) is 21.8. The van der Waals surface area contributed by atoms with Crippen LogP contribution >= 0.6 is 23.2 Å². The van der Waals surface area contributed by atoms with Gasteiger partial charge in [-0.25, -0.2) is 0 Å². The average molecular weight is 545 g/mol. The van der Waals surface area contributed by atoms with Gasteiger partial charge in [0.15, 0.2) is 11.5 Å². The minimum Gasteiger partial charge on any atom is -0.489 e. The van der Waals surface area contributed by atoms with Crippen molar-refractivity contribution in [1.29, 1.82) is 0 Å². The second kappa shape index (κ2) is 14.0. The van der Waals surface area contributed by atoms with E-state index >= 15 is 0 Å². The van der Waals surface area contributed by atoms with Gasteiger partial charge in [0, 0.05) is 42.7 Å². The molecule has 3 rings (SSSR count). The number of hydrogen-bond donors (Lipinski definition) is 1. The molecule has 1 N–H and O–H groups in total. The van der Waals surface area contributed by atoms with Crippen LogP contribution in [0.3, 0.4) is 0 Å². The summed E-state index contributed by atoms with van der Waals surface area (Å²) < 4.78 is 42.4. The molecule has 1 aliphatic heterocycles. The lowest BCUT2D eigenvalue weighted by atomic mass is 9.99. The van der Waals surface area contributed by atoms with Crippen molar-refractivity contribution in [2.75, 3.05) is 39.3 Å². The van der Waals surface area contributed by atoms with E-state index in [4.69, 9.17) is 32.7 Å². The van der Waals surface area contributed by atoms with E-state index in [-0.39, 0.29) is 24.5 Å². The Morgan fingerprint density at radius 2 is 1.97 bits per heavy atom. The number of hydrogen-bond acceptors (Lipinski definition) is 6. The van der Waals surface area contributed by atoms with E-state index in [0.717, 1.165) is 39.0 Å². The van der Waals surface area contributed by atoms with Crippen LogP contribution in [0.15, 0.2) is 52.6 Å². The van der Waals surface area contributed by atoms with Crippen molar-refractivity contribution in [1.82, 2.24) is 10.2 Å². The van der Waals surface area contributed by atoms with Crippen LogP contribution in [0.25, 0.3) is 0 Å². The number of rotatable bonds is 13. The molecule has 1 saturated carbocycles. The first-order chi connectivity index (χ1) is 17.3. The molecule has 198 valence electrons. The molecular weight excluding hydrogens is 513 g/mol. The van der Waals surface area contributed by atoms with Crippen LogP contribution < -0.4 is 14.8 Å². The molecule has 6 nitrogen and oxygen atoms in total.